The van der Waals surface area contributed by atoms with Crippen LogP contribution in [-0.2, 0) is 4.74 Å². The predicted octanol–water partition coefficient (Wildman–Crippen LogP) is 1.51. The van der Waals surface area contributed by atoms with E-state index < -0.39 is 5.67 Å². The molecule has 0 N–H and O–H groups in total. The first-order chi connectivity index (χ1) is 3.77. The van der Waals surface area contributed by atoms with Crippen molar-refractivity contribution in [2.45, 2.75) is 12.1 Å². The third-order valence-corrected chi connectivity index (χ3v) is 2.30. The number of ether oxygens (including phenoxy) is 1. The molecule has 1 aliphatic heterocycles. The Hall–Kier alpha value is 0.370. The van der Waals surface area contributed by atoms with Crippen molar-refractivity contribution in [3.63, 3.8) is 0 Å². The van der Waals surface area contributed by atoms with Crippen LogP contribution in [-0.4, -0.2) is 24.2 Å². The van der Waals surface area contributed by atoms with Gasteiger partial charge >= 0.3 is 0 Å². The van der Waals surface area contributed by atoms with Crippen LogP contribution in [0.4, 0.5) is 4.39 Å². The lowest BCUT2D eigenvalue weighted by Gasteiger charge is -2.10. The van der Waals surface area contributed by atoms with Crippen LogP contribution in [0.2, 0.25) is 0 Å². The lowest BCUT2D eigenvalue weighted by molar-refractivity contribution is 0.130. The Morgan fingerprint density at radius 1 is 1.75 bits per heavy atom. The van der Waals surface area contributed by atoms with E-state index in [0.29, 0.717) is 18.4 Å². The summed E-state index contributed by atoms with van der Waals surface area (Å²) in [6.07, 6.45) is 0.540. The van der Waals surface area contributed by atoms with Crippen LogP contribution < -0.4 is 0 Å². The van der Waals surface area contributed by atoms with Crippen LogP contribution in [0.3, 0.4) is 0 Å². The molecule has 1 unspecified atom stereocenters. The summed E-state index contributed by atoms with van der Waals surface area (Å²) < 4.78 is 17.7. The molecule has 8 heavy (non-hydrogen) atoms. The van der Waals surface area contributed by atoms with Crippen LogP contribution in [0.5, 0.6) is 0 Å². The summed E-state index contributed by atoms with van der Waals surface area (Å²) in [5.74, 6) is 0. The van der Waals surface area contributed by atoms with Gasteiger partial charge in [-0.25, -0.2) is 4.39 Å². The fourth-order valence-electron chi connectivity index (χ4n) is 0.688. The van der Waals surface area contributed by atoms with E-state index in [4.69, 9.17) is 4.74 Å². The second kappa shape index (κ2) is 2.31. The average molecular weight is 183 g/mol. The molecule has 0 radical (unpaired) electrons. The molecule has 1 aliphatic rings. The summed E-state index contributed by atoms with van der Waals surface area (Å²) in [6.45, 7) is 0.834. The Morgan fingerprint density at radius 3 is 2.75 bits per heavy atom. The lowest BCUT2D eigenvalue weighted by atomic mass is 10.1. The largest absolute Gasteiger partial charge is 0.378 e. The molecule has 3 heteroatoms. The highest BCUT2D eigenvalue weighted by molar-refractivity contribution is 9.09. The summed E-state index contributed by atoms with van der Waals surface area (Å²) in [7, 11) is 0. The van der Waals surface area contributed by atoms with Gasteiger partial charge in [0.05, 0.1) is 6.61 Å². The SMILES string of the molecule is FC1(CBr)CCOC1. The van der Waals surface area contributed by atoms with E-state index in [0.717, 1.165) is 0 Å². The fraction of sp³-hybridized carbons (Fsp3) is 1.00. The van der Waals surface area contributed by atoms with Gasteiger partial charge in [0, 0.05) is 18.4 Å². The van der Waals surface area contributed by atoms with Crippen molar-refractivity contribution >= 4 is 15.9 Å². The standard InChI is InChI=1S/C5H8BrFO/c6-3-5(7)1-2-8-4-5/h1-4H2. The van der Waals surface area contributed by atoms with Gasteiger partial charge in [-0.05, 0) is 0 Å². The van der Waals surface area contributed by atoms with Gasteiger partial charge in [-0.2, -0.15) is 0 Å². The Labute approximate surface area is 56.3 Å². The highest BCUT2D eigenvalue weighted by Crippen LogP contribution is 2.24. The van der Waals surface area contributed by atoms with Crippen LogP contribution in [0.1, 0.15) is 6.42 Å². The zero-order valence-electron chi connectivity index (χ0n) is 4.49. The van der Waals surface area contributed by atoms with Gasteiger partial charge in [0.2, 0.25) is 0 Å². The fourth-order valence-corrected chi connectivity index (χ4v) is 1.13. The molecule has 1 saturated heterocycles. The Balaban J connectivity index is 2.40. The molecule has 0 amide bonds. The smallest absolute Gasteiger partial charge is 0.146 e. The molecule has 0 aromatic carbocycles. The highest BCUT2D eigenvalue weighted by Gasteiger charge is 2.33. The minimum atomic E-state index is -1.07. The van der Waals surface area contributed by atoms with Crippen molar-refractivity contribution in [2.75, 3.05) is 18.5 Å². The van der Waals surface area contributed by atoms with Gasteiger partial charge in [-0.3, -0.25) is 0 Å². The zero-order chi connectivity index (χ0) is 6.04. The number of rotatable bonds is 1. The van der Waals surface area contributed by atoms with Crippen molar-refractivity contribution in [3.05, 3.63) is 0 Å². The van der Waals surface area contributed by atoms with E-state index in [1.165, 1.54) is 0 Å². The molecule has 1 fully saturated rings. The van der Waals surface area contributed by atoms with Gasteiger partial charge in [0.15, 0.2) is 0 Å². The van der Waals surface area contributed by atoms with Crippen LogP contribution in [0.15, 0.2) is 0 Å². The number of hydrogen-bond acceptors (Lipinski definition) is 1. The van der Waals surface area contributed by atoms with Gasteiger partial charge in [-0.1, -0.05) is 15.9 Å². The summed E-state index contributed by atoms with van der Waals surface area (Å²) in [5, 5.41) is 0.403. The van der Waals surface area contributed by atoms with Crippen molar-refractivity contribution in [1.29, 1.82) is 0 Å². The zero-order valence-corrected chi connectivity index (χ0v) is 6.08. The van der Waals surface area contributed by atoms with E-state index >= 15 is 0 Å². The maximum absolute atomic E-state index is 12.9. The van der Waals surface area contributed by atoms with Gasteiger partial charge < -0.3 is 4.74 Å². The van der Waals surface area contributed by atoms with Crippen molar-refractivity contribution in [1.82, 2.24) is 0 Å². The molecule has 0 aromatic rings. The van der Waals surface area contributed by atoms with Gasteiger partial charge in [-0.15, -0.1) is 0 Å². The minimum Gasteiger partial charge on any atom is -0.378 e. The van der Waals surface area contributed by atoms with E-state index in [1.54, 1.807) is 0 Å². The first kappa shape index (κ1) is 6.49. The lowest BCUT2D eigenvalue weighted by Crippen LogP contribution is -2.24. The molecule has 0 saturated carbocycles. The molecular weight excluding hydrogens is 175 g/mol. The molecule has 1 rings (SSSR count). The monoisotopic (exact) mass is 182 g/mol. The molecule has 0 spiro atoms. The quantitative estimate of drug-likeness (QED) is 0.560. The molecule has 0 aliphatic carbocycles. The minimum absolute atomic E-state index is 0.262. The molecule has 1 atom stereocenters. The van der Waals surface area contributed by atoms with Crippen LogP contribution in [0, 0.1) is 0 Å². The van der Waals surface area contributed by atoms with Gasteiger partial charge in [0.25, 0.3) is 0 Å². The molecule has 1 nitrogen and oxygen atoms in total. The molecule has 0 aromatic heterocycles. The summed E-state index contributed by atoms with van der Waals surface area (Å²) >= 11 is 3.08. The summed E-state index contributed by atoms with van der Waals surface area (Å²) in [4.78, 5) is 0. The van der Waals surface area contributed by atoms with Crippen molar-refractivity contribution < 1.29 is 9.13 Å². The third kappa shape index (κ3) is 1.20. The Bertz CT molecular complexity index is 80.5. The third-order valence-electron chi connectivity index (χ3n) is 1.29. The van der Waals surface area contributed by atoms with Crippen LogP contribution >= 0.6 is 15.9 Å². The maximum Gasteiger partial charge on any atom is 0.146 e. The second-order valence-electron chi connectivity index (χ2n) is 2.09. The number of alkyl halides is 2. The molecular formula is C5H8BrFO. The first-order valence-corrected chi connectivity index (χ1v) is 3.72. The average Bonchev–Trinajstić information content (AvgIpc) is 2.17. The number of hydrogen-bond donors (Lipinski definition) is 0. The highest BCUT2D eigenvalue weighted by atomic mass is 79.9. The maximum atomic E-state index is 12.9. The molecule has 48 valence electrons. The molecule has 0 bridgehead atoms. The van der Waals surface area contributed by atoms with E-state index in [1.807, 2.05) is 0 Å². The van der Waals surface area contributed by atoms with E-state index in [2.05, 4.69) is 15.9 Å². The number of halogens is 2. The second-order valence-corrected chi connectivity index (χ2v) is 2.65. The van der Waals surface area contributed by atoms with Crippen LogP contribution in [0.25, 0.3) is 0 Å². The summed E-state index contributed by atoms with van der Waals surface area (Å²) in [6, 6.07) is 0. The van der Waals surface area contributed by atoms with E-state index in [-0.39, 0.29) is 6.61 Å². The normalized spacial score (nSPS) is 38.2. The van der Waals surface area contributed by atoms with Crippen molar-refractivity contribution in [2.24, 2.45) is 0 Å². The van der Waals surface area contributed by atoms with Gasteiger partial charge in [0.1, 0.15) is 5.67 Å². The van der Waals surface area contributed by atoms with E-state index in [9.17, 15) is 4.39 Å². The topological polar surface area (TPSA) is 9.23 Å². The Kier molecular flexibility index (Phi) is 1.88. The predicted molar refractivity (Wildman–Crippen MR) is 33.1 cm³/mol. The van der Waals surface area contributed by atoms with Crippen molar-refractivity contribution in [3.8, 4) is 0 Å². The molecule has 1 heterocycles. The first-order valence-electron chi connectivity index (χ1n) is 2.59. The Morgan fingerprint density at radius 2 is 2.50 bits per heavy atom. The summed E-state index contributed by atoms with van der Waals surface area (Å²) in [5.41, 5.74) is -1.07.